The van der Waals surface area contributed by atoms with Crippen molar-refractivity contribution in [3.05, 3.63) is 70.2 Å². The molecule has 0 N–H and O–H groups in total. The number of benzene rings is 2. The quantitative estimate of drug-likeness (QED) is 0.768. The number of halogens is 1. The summed E-state index contributed by atoms with van der Waals surface area (Å²) in [5, 5.41) is 0.896. The summed E-state index contributed by atoms with van der Waals surface area (Å²) < 4.78 is 0. The predicted molar refractivity (Wildman–Crippen MR) is 89.9 cm³/mol. The Labute approximate surface area is 132 Å². The Morgan fingerprint density at radius 2 is 1.90 bits per heavy atom. The van der Waals surface area contributed by atoms with Gasteiger partial charge in [-0.3, -0.25) is 4.90 Å². The van der Waals surface area contributed by atoms with E-state index in [4.69, 9.17) is 11.6 Å². The zero-order valence-corrected chi connectivity index (χ0v) is 13.3. The fraction of sp³-hybridized carbons (Fsp3) is 0.368. The molecule has 1 saturated heterocycles. The lowest BCUT2D eigenvalue weighted by Crippen LogP contribution is -2.34. The highest BCUT2D eigenvalue weighted by atomic mass is 35.5. The lowest BCUT2D eigenvalue weighted by Gasteiger charge is -2.33. The van der Waals surface area contributed by atoms with E-state index in [1.54, 1.807) is 0 Å². The van der Waals surface area contributed by atoms with Crippen LogP contribution in [0.15, 0.2) is 48.5 Å². The summed E-state index contributed by atoms with van der Waals surface area (Å²) in [6.45, 7) is 5.53. The highest BCUT2D eigenvalue weighted by molar-refractivity contribution is 6.31. The summed E-state index contributed by atoms with van der Waals surface area (Å²) in [4.78, 5) is 2.57. The van der Waals surface area contributed by atoms with Crippen molar-refractivity contribution in [3.63, 3.8) is 0 Å². The maximum Gasteiger partial charge on any atom is 0.0438 e. The van der Waals surface area contributed by atoms with Crippen molar-refractivity contribution in [1.29, 1.82) is 0 Å². The SMILES string of the molecule is Cc1c(Cl)cccc1C1CCCN(Cc2ccccc2)C1. The molecule has 0 aliphatic carbocycles. The summed E-state index contributed by atoms with van der Waals surface area (Å²) in [5.74, 6) is 0.612. The monoisotopic (exact) mass is 299 g/mol. The van der Waals surface area contributed by atoms with E-state index in [-0.39, 0.29) is 0 Å². The molecule has 0 saturated carbocycles. The second-order valence-corrected chi connectivity index (χ2v) is 6.42. The van der Waals surface area contributed by atoms with Crippen LogP contribution in [0.3, 0.4) is 0 Å². The normalized spacial score (nSPS) is 19.6. The van der Waals surface area contributed by atoms with Crippen LogP contribution < -0.4 is 0 Å². The Kier molecular flexibility index (Phi) is 4.62. The molecule has 1 unspecified atom stereocenters. The number of nitrogens with zero attached hydrogens (tertiary/aromatic N) is 1. The lowest BCUT2D eigenvalue weighted by atomic mass is 9.88. The maximum atomic E-state index is 6.29. The van der Waals surface area contributed by atoms with Gasteiger partial charge in [-0.15, -0.1) is 0 Å². The molecule has 110 valence electrons. The first-order valence-electron chi connectivity index (χ1n) is 7.75. The van der Waals surface area contributed by atoms with E-state index in [9.17, 15) is 0 Å². The number of hydrogen-bond acceptors (Lipinski definition) is 1. The maximum absolute atomic E-state index is 6.29. The van der Waals surface area contributed by atoms with E-state index >= 15 is 0 Å². The first-order chi connectivity index (χ1) is 10.2. The van der Waals surface area contributed by atoms with Gasteiger partial charge in [0.15, 0.2) is 0 Å². The average molecular weight is 300 g/mol. The van der Waals surface area contributed by atoms with E-state index in [2.05, 4.69) is 54.3 Å². The lowest BCUT2D eigenvalue weighted by molar-refractivity contribution is 0.200. The summed E-state index contributed by atoms with van der Waals surface area (Å²) in [6.07, 6.45) is 2.54. The van der Waals surface area contributed by atoms with Crippen molar-refractivity contribution < 1.29 is 0 Å². The molecule has 0 amide bonds. The van der Waals surface area contributed by atoms with Gasteiger partial charge in [0, 0.05) is 18.1 Å². The standard InChI is InChI=1S/C19H22ClN/c1-15-18(10-5-11-19(15)20)17-9-6-12-21(14-17)13-16-7-3-2-4-8-16/h2-5,7-8,10-11,17H,6,9,12-14H2,1H3. The molecule has 1 heterocycles. The Morgan fingerprint density at radius 1 is 1.10 bits per heavy atom. The first kappa shape index (κ1) is 14.6. The van der Waals surface area contributed by atoms with Crippen molar-refractivity contribution >= 4 is 11.6 Å². The molecule has 0 radical (unpaired) electrons. The molecule has 3 rings (SSSR count). The highest BCUT2D eigenvalue weighted by Gasteiger charge is 2.22. The average Bonchev–Trinajstić information content (AvgIpc) is 2.51. The molecule has 1 fully saturated rings. The van der Waals surface area contributed by atoms with Crippen LogP contribution >= 0.6 is 11.6 Å². The minimum atomic E-state index is 0.612. The number of hydrogen-bond donors (Lipinski definition) is 0. The fourth-order valence-corrected chi connectivity index (χ4v) is 3.54. The molecular weight excluding hydrogens is 278 g/mol. The molecule has 2 aromatic rings. The van der Waals surface area contributed by atoms with Gasteiger partial charge < -0.3 is 0 Å². The van der Waals surface area contributed by atoms with Gasteiger partial charge in [0.25, 0.3) is 0 Å². The van der Waals surface area contributed by atoms with E-state index in [0.717, 1.165) is 18.1 Å². The van der Waals surface area contributed by atoms with E-state index < -0.39 is 0 Å². The predicted octanol–water partition coefficient (Wildman–Crippen LogP) is 5.03. The van der Waals surface area contributed by atoms with Gasteiger partial charge in [0.05, 0.1) is 0 Å². The smallest absolute Gasteiger partial charge is 0.0438 e. The van der Waals surface area contributed by atoms with Crippen LogP contribution in [0.25, 0.3) is 0 Å². The number of likely N-dealkylation sites (tertiary alicyclic amines) is 1. The largest absolute Gasteiger partial charge is 0.298 e. The zero-order valence-electron chi connectivity index (χ0n) is 12.6. The van der Waals surface area contributed by atoms with E-state index in [1.807, 2.05) is 6.07 Å². The fourth-order valence-electron chi connectivity index (χ4n) is 3.36. The molecule has 21 heavy (non-hydrogen) atoms. The summed E-state index contributed by atoms with van der Waals surface area (Å²) in [6, 6.07) is 17.1. The van der Waals surface area contributed by atoms with Crippen molar-refractivity contribution in [2.75, 3.05) is 13.1 Å². The van der Waals surface area contributed by atoms with Crippen LogP contribution in [0.5, 0.6) is 0 Å². The van der Waals surface area contributed by atoms with Crippen LogP contribution in [-0.4, -0.2) is 18.0 Å². The van der Waals surface area contributed by atoms with Crippen LogP contribution in [0.1, 0.15) is 35.4 Å². The molecule has 0 aromatic heterocycles. The van der Waals surface area contributed by atoms with Gasteiger partial charge in [0.2, 0.25) is 0 Å². The Bertz CT molecular complexity index is 594. The number of rotatable bonds is 3. The van der Waals surface area contributed by atoms with Crippen molar-refractivity contribution in [2.45, 2.75) is 32.2 Å². The van der Waals surface area contributed by atoms with Gasteiger partial charge in [-0.2, -0.15) is 0 Å². The molecule has 2 heteroatoms. The van der Waals surface area contributed by atoms with Gasteiger partial charge in [-0.1, -0.05) is 54.1 Å². The third-order valence-electron chi connectivity index (χ3n) is 4.50. The van der Waals surface area contributed by atoms with E-state index in [1.165, 1.54) is 36.1 Å². The van der Waals surface area contributed by atoms with Crippen LogP contribution in [-0.2, 0) is 6.54 Å². The third-order valence-corrected chi connectivity index (χ3v) is 4.91. The van der Waals surface area contributed by atoms with Gasteiger partial charge in [-0.05, 0) is 55.0 Å². The molecule has 0 bridgehead atoms. The highest BCUT2D eigenvalue weighted by Crippen LogP contribution is 2.32. The molecule has 1 nitrogen and oxygen atoms in total. The Balaban J connectivity index is 1.72. The minimum absolute atomic E-state index is 0.612. The molecule has 1 aliphatic rings. The molecule has 1 aliphatic heterocycles. The Hall–Kier alpha value is -1.31. The number of piperidine rings is 1. The van der Waals surface area contributed by atoms with Crippen molar-refractivity contribution in [2.24, 2.45) is 0 Å². The van der Waals surface area contributed by atoms with Crippen LogP contribution in [0.4, 0.5) is 0 Å². The summed E-state index contributed by atoms with van der Waals surface area (Å²) >= 11 is 6.29. The van der Waals surface area contributed by atoms with Crippen molar-refractivity contribution in [3.8, 4) is 0 Å². The summed E-state index contributed by atoms with van der Waals surface area (Å²) in [5.41, 5.74) is 4.09. The van der Waals surface area contributed by atoms with Crippen LogP contribution in [0, 0.1) is 6.92 Å². The molecule has 2 aromatic carbocycles. The third kappa shape index (κ3) is 3.48. The van der Waals surface area contributed by atoms with Gasteiger partial charge in [-0.25, -0.2) is 0 Å². The zero-order chi connectivity index (χ0) is 14.7. The molecule has 1 atom stereocenters. The second-order valence-electron chi connectivity index (χ2n) is 6.01. The van der Waals surface area contributed by atoms with Gasteiger partial charge >= 0.3 is 0 Å². The molecular formula is C19H22ClN. The first-order valence-corrected chi connectivity index (χ1v) is 8.13. The topological polar surface area (TPSA) is 3.24 Å². The molecule has 0 spiro atoms. The summed E-state index contributed by atoms with van der Waals surface area (Å²) in [7, 11) is 0. The van der Waals surface area contributed by atoms with Crippen molar-refractivity contribution in [1.82, 2.24) is 4.90 Å². The van der Waals surface area contributed by atoms with Gasteiger partial charge in [0.1, 0.15) is 0 Å². The van der Waals surface area contributed by atoms with Crippen LogP contribution in [0.2, 0.25) is 5.02 Å². The minimum Gasteiger partial charge on any atom is -0.298 e. The second kappa shape index (κ2) is 6.64. The van der Waals surface area contributed by atoms with E-state index in [0.29, 0.717) is 5.92 Å². The Morgan fingerprint density at radius 3 is 2.71 bits per heavy atom.